The van der Waals surface area contributed by atoms with E-state index in [0.29, 0.717) is 0 Å². The van der Waals surface area contributed by atoms with Crippen molar-refractivity contribution >= 4 is 5.84 Å². The minimum absolute atomic E-state index is 0.122. The molecule has 152 valence electrons. The number of allylic oxidation sites excluding steroid dienone is 1. The van der Waals surface area contributed by atoms with Gasteiger partial charge in [0.25, 0.3) is 0 Å². The highest BCUT2D eigenvalue weighted by atomic mass is 15.5. The summed E-state index contributed by atoms with van der Waals surface area (Å²) < 4.78 is 0.787. The Morgan fingerprint density at radius 3 is 1.92 bits per heavy atom. The van der Waals surface area contributed by atoms with Gasteiger partial charge in [-0.25, -0.2) is 4.99 Å². The van der Waals surface area contributed by atoms with Crippen LogP contribution in [0.25, 0.3) is 0 Å². The van der Waals surface area contributed by atoms with Crippen LogP contribution in [0, 0.1) is 0 Å². The Labute approximate surface area is 163 Å². The van der Waals surface area contributed by atoms with E-state index in [4.69, 9.17) is 5.73 Å². The monoisotopic (exact) mass is 364 g/mol. The average Bonchev–Trinajstić information content (AvgIpc) is 3.00. The van der Waals surface area contributed by atoms with Crippen molar-refractivity contribution in [3.05, 3.63) is 12.2 Å². The van der Waals surface area contributed by atoms with E-state index in [2.05, 4.69) is 38.0 Å². The van der Waals surface area contributed by atoms with Crippen molar-refractivity contribution in [2.45, 2.75) is 110 Å². The number of likely N-dealkylation sites (N-methyl/N-ethyl adjacent to an activating group) is 1. The van der Waals surface area contributed by atoms with E-state index in [9.17, 15) is 0 Å². The van der Waals surface area contributed by atoms with Crippen LogP contribution in [-0.2, 0) is 0 Å². The highest BCUT2D eigenvalue weighted by Gasteiger charge is 2.35. The molecule has 0 saturated carbocycles. The van der Waals surface area contributed by atoms with Crippen LogP contribution in [0.3, 0.4) is 0 Å². The van der Waals surface area contributed by atoms with Crippen molar-refractivity contribution in [1.82, 2.24) is 0 Å². The smallest absolute Gasteiger partial charge is 0.223 e. The zero-order chi connectivity index (χ0) is 19.1. The van der Waals surface area contributed by atoms with Crippen LogP contribution in [0.2, 0.25) is 0 Å². The lowest BCUT2D eigenvalue weighted by molar-refractivity contribution is -0.837. The topological polar surface area (TPSA) is 38.4 Å². The summed E-state index contributed by atoms with van der Waals surface area (Å²) in [4.78, 5) is 4.64. The SMILES string of the molecule is CCCCCCCCCCCCCCCC=CC1=NCC[N+]1(C)C(C)N. The highest BCUT2D eigenvalue weighted by Crippen LogP contribution is 2.16. The van der Waals surface area contributed by atoms with Crippen molar-refractivity contribution in [3.63, 3.8) is 0 Å². The molecule has 0 aromatic heterocycles. The van der Waals surface area contributed by atoms with Crippen molar-refractivity contribution in [2.24, 2.45) is 10.7 Å². The van der Waals surface area contributed by atoms with E-state index >= 15 is 0 Å². The fourth-order valence-electron chi connectivity index (χ4n) is 3.75. The van der Waals surface area contributed by atoms with Gasteiger partial charge in [0.05, 0.1) is 13.6 Å². The quantitative estimate of drug-likeness (QED) is 0.257. The molecule has 1 aliphatic heterocycles. The molecule has 26 heavy (non-hydrogen) atoms. The molecule has 3 heteroatoms. The first-order valence-electron chi connectivity index (χ1n) is 11.4. The molecule has 0 radical (unpaired) electrons. The van der Waals surface area contributed by atoms with Gasteiger partial charge in [0.1, 0.15) is 12.7 Å². The summed E-state index contributed by atoms with van der Waals surface area (Å²) in [6.07, 6.45) is 24.3. The molecule has 3 nitrogen and oxygen atoms in total. The Hall–Kier alpha value is -0.670. The molecule has 1 heterocycles. The third-order valence-corrected chi connectivity index (χ3v) is 6.00. The number of rotatable bonds is 16. The third kappa shape index (κ3) is 9.32. The maximum atomic E-state index is 6.14. The molecule has 0 aromatic rings. The molecule has 0 fully saturated rings. The second-order valence-electron chi connectivity index (χ2n) is 8.41. The highest BCUT2D eigenvalue weighted by molar-refractivity contribution is 5.88. The van der Waals surface area contributed by atoms with Crippen molar-refractivity contribution < 1.29 is 4.48 Å². The van der Waals surface area contributed by atoms with Crippen LogP contribution in [0.15, 0.2) is 17.1 Å². The summed E-state index contributed by atoms with van der Waals surface area (Å²) in [6.45, 7) is 6.32. The Morgan fingerprint density at radius 2 is 1.42 bits per heavy atom. The summed E-state index contributed by atoms with van der Waals surface area (Å²) in [6, 6.07) is 0. The van der Waals surface area contributed by atoms with Crippen LogP contribution in [0.4, 0.5) is 0 Å². The van der Waals surface area contributed by atoms with E-state index in [-0.39, 0.29) is 6.17 Å². The summed E-state index contributed by atoms with van der Waals surface area (Å²) in [5, 5.41) is 0. The molecule has 0 bridgehead atoms. The summed E-state index contributed by atoms with van der Waals surface area (Å²) in [5.74, 6) is 1.16. The van der Waals surface area contributed by atoms with Gasteiger partial charge in [0, 0.05) is 13.0 Å². The van der Waals surface area contributed by atoms with Gasteiger partial charge in [-0.3, -0.25) is 10.2 Å². The van der Waals surface area contributed by atoms with Crippen LogP contribution in [0.1, 0.15) is 104 Å². The molecule has 2 atom stereocenters. The summed E-state index contributed by atoms with van der Waals surface area (Å²) in [7, 11) is 2.20. The number of aliphatic imine (C=N–C) groups is 1. The van der Waals surface area contributed by atoms with E-state index in [0.717, 1.165) is 23.4 Å². The van der Waals surface area contributed by atoms with Gasteiger partial charge >= 0.3 is 0 Å². The van der Waals surface area contributed by atoms with Crippen LogP contribution in [-0.4, -0.2) is 36.6 Å². The molecule has 1 rings (SSSR count). The van der Waals surface area contributed by atoms with E-state index < -0.39 is 0 Å². The largest absolute Gasteiger partial charge is 0.281 e. The van der Waals surface area contributed by atoms with Gasteiger partial charge in [-0.1, -0.05) is 90.0 Å². The fourth-order valence-corrected chi connectivity index (χ4v) is 3.75. The number of hydrogen-bond acceptors (Lipinski definition) is 2. The molecular formula is C23H46N3+. The summed E-state index contributed by atoms with van der Waals surface area (Å²) in [5.41, 5.74) is 6.14. The molecule has 0 aromatic carbocycles. The lowest BCUT2D eigenvalue weighted by Crippen LogP contribution is -2.56. The normalized spacial score (nSPS) is 21.5. The van der Waals surface area contributed by atoms with Gasteiger partial charge in [0.15, 0.2) is 0 Å². The van der Waals surface area contributed by atoms with Crippen LogP contribution < -0.4 is 5.73 Å². The number of quaternary nitrogens is 1. The Morgan fingerprint density at radius 1 is 0.923 bits per heavy atom. The summed E-state index contributed by atoms with van der Waals surface area (Å²) >= 11 is 0. The number of nitrogens with two attached hydrogens (primary N) is 1. The minimum atomic E-state index is 0.122. The second-order valence-corrected chi connectivity index (χ2v) is 8.41. The molecule has 0 amide bonds. The Bertz CT molecular complexity index is 400. The van der Waals surface area contributed by atoms with Gasteiger partial charge < -0.3 is 0 Å². The molecule has 2 unspecified atom stereocenters. The molecule has 2 N–H and O–H groups in total. The molecule has 1 aliphatic rings. The van der Waals surface area contributed by atoms with Crippen molar-refractivity contribution in [2.75, 3.05) is 20.1 Å². The van der Waals surface area contributed by atoms with Crippen molar-refractivity contribution in [1.29, 1.82) is 0 Å². The van der Waals surface area contributed by atoms with Crippen LogP contribution >= 0.6 is 0 Å². The van der Waals surface area contributed by atoms with Gasteiger partial charge in [-0.05, 0) is 12.8 Å². The average molecular weight is 365 g/mol. The van der Waals surface area contributed by atoms with E-state index in [1.165, 1.54) is 89.9 Å². The lowest BCUT2D eigenvalue weighted by atomic mass is 10.0. The second kappa shape index (κ2) is 14.4. The molecule has 0 aliphatic carbocycles. The van der Waals surface area contributed by atoms with Crippen molar-refractivity contribution in [3.8, 4) is 0 Å². The zero-order valence-corrected chi connectivity index (χ0v) is 18.0. The zero-order valence-electron chi connectivity index (χ0n) is 18.0. The van der Waals surface area contributed by atoms with E-state index in [1.807, 2.05) is 0 Å². The maximum Gasteiger partial charge on any atom is 0.223 e. The third-order valence-electron chi connectivity index (χ3n) is 6.00. The van der Waals surface area contributed by atoms with Gasteiger partial charge in [-0.2, -0.15) is 0 Å². The first-order valence-corrected chi connectivity index (χ1v) is 11.4. The minimum Gasteiger partial charge on any atom is -0.281 e. The predicted octanol–water partition coefficient (Wildman–Crippen LogP) is 6.19. The molecular weight excluding hydrogens is 318 g/mol. The Balaban J connectivity index is 1.91. The van der Waals surface area contributed by atoms with E-state index in [1.54, 1.807) is 0 Å². The predicted molar refractivity (Wildman–Crippen MR) is 116 cm³/mol. The van der Waals surface area contributed by atoms with Gasteiger partial charge in [0.2, 0.25) is 5.84 Å². The maximum absolute atomic E-state index is 6.14. The number of amidine groups is 1. The van der Waals surface area contributed by atoms with Crippen LogP contribution in [0.5, 0.6) is 0 Å². The molecule has 0 spiro atoms. The standard InChI is InChI=1S/C23H46N3/c1-4-5-6-7-8-9-10-11-12-13-14-15-16-17-18-19-23-25-20-21-26(23,3)22(2)24/h18-19,22H,4-17,20-21,24H2,1-3H3/q+1. The first kappa shape index (κ1) is 23.4. The van der Waals surface area contributed by atoms with Gasteiger partial charge in [-0.15, -0.1) is 0 Å². The molecule has 0 saturated heterocycles. The first-order chi connectivity index (χ1) is 12.6. The Kier molecular flexibility index (Phi) is 12.9. The number of unbranched alkanes of at least 4 members (excludes halogenated alkanes) is 13. The number of hydrogen-bond donors (Lipinski definition) is 1. The number of nitrogens with zero attached hydrogens (tertiary/aromatic N) is 2. The fraction of sp³-hybridized carbons (Fsp3) is 0.870. The lowest BCUT2D eigenvalue weighted by Gasteiger charge is -2.32.